The Labute approximate surface area is 117 Å². The van der Waals surface area contributed by atoms with Gasteiger partial charge in [-0.3, -0.25) is 4.90 Å². The molecule has 1 aliphatic heterocycles. The maximum atomic E-state index is 2.54. The maximum Gasteiger partial charge on any atom is 0.0234 e. The first-order valence-corrected chi connectivity index (χ1v) is 5.68. The molecule has 1 aromatic rings. The molecule has 98 valence electrons. The number of rotatable bonds is 3. The van der Waals surface area contributed by atoms with E-state index in [9.17, 15) is 0 Å². The maximum absolute atomic E-state index is 2.54. The highest BCUT2D eigenvalue weighted by atomic mass is 35.5. The van der Waals surface area contributed by atoms with E-state index in [0.717, 1.165) is 12.6 Å². The molecule has 0 N–H and O–H groups in total. The molecule has 0 radical (unpaired) electrons. The van der Waals surface area contributed by atoms with Crippen LogP contribution in [0.1, 0.15) is 12.0 Å². The van der Waals surface area contributed by atoms with Gasteiger partial charge < -0.3 is 4.90 Å². The van der Waals surface area contributed by atoms with E-state index in [1.807, 2.05) is 0 Å². The summed E-state index contributed by atoms with van der Waals surface area (Å²) in [6, 6.07) is 11.5. The highest BCUT2D eigenvalue weighted by Crippen LogP contribution is 2.15. The van der Waals surface area contributed by atoms with Gasteiger partial charge >= 0.3 is 0 Å². The van der Waals surface area contributed by atoms with Crippen LogP contribution < -0.4 is 0 Å². The van der Waals surface area contributed by atoms with Crippen LogP contribution in [0.25, 0.3) is 0 Å². The van der Waals surface area contributed by atoms with Gasteiger partial charge in [0.05, 0.1) is 0 Å². The number of hydrogen-bond acceptors (Lipinski definition) is 2. The van der Waals surface area contributed by atoms with Crippen molar-refractivity contribution in [2.24, 2.45) is 0 Å². The SMILES string of the molecule is CN(C)C1CCN(Cc2ccccc2)C1.Cl.Cl. The zero-order chi connectivity index (χ0) is 10.7. The van der Waals surface area contributed by atoms with Crippen LogP contribution in [0.3, 0.4) is 0 Å². The van der Waals surface area contributed by atoms with Crippen LogP contribution in [0, 0.1) is 0 Å². The topological polar surface area (TPSA) is 6.48 Å². The molecule has 0 bridgehead atoms. The van der Waals surface area contributed by atoms with Crippen LogP contribution in [0.4, 0.5) is 0 Å². The molecule has 0 aliphatic carbocycles. The average Bonchev–Trinajstić information content (AvgIpc) is 2.68. The quantitative estimate of drug-likeness (QED) is 0.838. The van der Waals surface area contributed by atoms with Crippen molar-refractivity contribution in [2.75, 3.05) is 27.2 Å². The zero-order valence-corrected chi connectivity index (χ0v) is 12.1. The van der Waals surface area contributed by atoms with Crippen molar-refractivity contribution in [1.82, 2.24) is 9.80 Å². The molecule has 0 spiro atoms. The van der Waals surface area contributed by atoms with Crippen molar-refractivity contribution < 1.29 is 0 Å². The third-order valence-corrected chi connectivity index (χ3v) is 3.23. The van der Waals surface area contributed by atoms with Gasteiger partial charge in [0.25, 0.3) is 0 Å². The Balaban J connectivity index is 0.00000128. The lowest BCUT2D eigenvalue weighted by atomic mass is 10.2. The first kappa shape index (κ1) is 16.7. The van der Waals surface area contributed by atoms with Crippen molar-refractivity contribution in [3.8, 4) is 0 Å². The first-order chi connectivity index (χ1) is 7.25. The number of benzene rings is 1. The summed E-state index contributed by atoms with van der Waals surface area (Å²) in [6.07, 6.45) is 1.31. The van der Waals surface area contributed by atoms with Gasteiger partial charge in [-0.2, -0.15) is 0 Å². The van der Waals surface area contributed by atoms with Gasteiger partial charge in [0.1, 0.15) is 0 Å². The van der Waals surface area contributed by atoms with Crippen LogP contribution in [0.2, 0.25) is 0 Å². The molecule has 17 heavy (non-hydrogen) atoms. The lowest BCUT2D eigenvalue weighted by molar-refractivity contribution is 0.264. The van der Waals surface area contributed by atoms with Gasteiger partial charge in [-0.1, -0.05) is 30.3 Å². The largest absolute Gasteiger partial charge is 0.305 e. The molecule has 1 heterocycles. The van der Waals surface area contributed by atoms with Crippen LogP contribution >= 0.6 is 24.8 Å². The lowest BCUT2D eigenvalue weighted by Gasteiger charge is -2.20. The van der Waals surface area contributed by atoms with E-state index in [1.54, 1.807) is 0 Å². The number of likely N-dealkylation sites (tertiary alicyclic amines) is 1. The fourth-order valence-electron chi connectivity index (χ4n) is 2.22. The van der Waals surface area contributed by atoms with E-state index in [0.29, 0.717) is 0 Å². The second-order valence-electron chi connectivity index (χ2n) is 4.63. The summed E-state index contributed by atoms with van der Waals surface area (Å²) in [5.41, 5.74) is 1.43. The zero-order valence-electron chi connectivity index (χ0n) is 10.5. The number of halogens is 2. The summed E-state index contributed by atoms with van der Waals surface area (Å²) in [6.45, 7) is 3.55. The van der Waals surface area contributed by atoms with E-state index >= 15 is 0 Å². The molecule has 2 rings (SSSR count). The van der Waals surface area contributed by atoms with Gasteiger partial charge in [-0.15, -0.1) is 24.8 Å². The van der Waals surface area contributed by atoms with Gasteiger partial charge in [-0.05, 0) is 26.1 Å². The van der Waals surface area contributed by atoms with Crippen LogP contribution in [0.15, 0.2) is 30.3 Å². The Bertz CT molecular complexity index is 304. The molecule has 4 heteroatoms. The minimum Gasteiger partial charge on any atom is -0.305 e. The predicted molar refractivity (Wildman–Crippen MR) is 78.3 cm³/mol. The second-order valence-corrected chi connectivity index (χ2v) is 4.63. The van der Waals surface area contributed by atoms with Crippen LogP contribution in [-0.4, -0.2) is 43.0 Å². The summed E-state index contributed by atoms with van der Waals surface area (Å²) in [5.74, 6) is 0. The summed E-state index contributed by atoms with van der Waals surface area (Å²) >= 11 is 0. The first-order valence-electron chi connectivity index (χ1n) is 5.68. The molecule has 0 saturated carbocycles. The molecule has 0 amide bonds. The number of nitrogens with zero attached hydrogens (tertiary/aromatic N) is 2. The van der Waals surface area contributed by atoms with Crippen molar-refractivity contribution in [3.05, 3.63) is 35.9 Å². The number of likely N-dealkylation sites (N-methyl/N-ethyl adjacent to an activating group) is 1. The summed E-state index contributed by atoms with van der Waals surface area (Å²) in [5, 5.41) is 0. The van der Waals surface area contributed by atoms with Crippen molar-refractivity contribution >= 4 is 24.8 Å². The van der Waals surface area contributed by atoms with Crippen molar-refractivity contribution in [3.63, 3.8) is 0 Å². The molecule has 0 aromatic heterocycles. The second kappa shape index (κ2) is 7.93. The molecule has 1 aromatic carbocycles. The minimum absolute atomic E-state index is 0. The minimum atomic E-state index is 0. The van der Waals surface area contributed by atoms with E-state index in [2.05, 4.69) is 54.2 Å². The Kier molecular flexibility index (Phi) is 7.80. The lowest BCUT2D eigenvalue weighted by Crippen LogP contribution is -2.31. The smallest absolute Gasteiger partial charge is 0.0234 e. The highest BCUT2D eigenvalue weighted by Gasteiger charge is 2.23. The van der Waals surface area contributed by atoms with Gasteiger partial charge in [-0.25, -0.2) is 0 Å². The number of hydrogen-bond donors (Lipinski definition) is 0. The molecule has 1 aliphatic rings. The van der Waals surface area contributed by atoms with E-state index < -0.39 is 0 Å². The molecular formula is C13H22Cl2N2. The van der Waals surface area contributed by atoms with Gasteiger partial charge in [0.15, 0.2) is 0 Å². The third kappa shape index (κ3) is 4.84. The van der Waals surface area contributed by atoms with Crippen molar-refractivity contribution in [2.45, 2.75) is 19.0 Å². The Morgan fingerprint density at radius 2 is 1.82 bits per heavy atom. The fourth-order valence-corrected chi connectivity index (χ4v) is 2.22. The van der Waals surface area contributed by atoms with Gasteiger partial charge in [0.2, 0.25) is 0 Å². The monoisotopic (exact) mass is 276 g/mol. The molecular weight excluding hydrogens is 255 g/mol. The third-order valence-electron chi connectivity index (χ3n) is 3.23. The van der Waals surface area contributed by atoms with Crippen LogP contribution in [0.5, 0.6) is 0 Å². The van der Waals surface area contributed by atoms with E-state index in [-0.39, 0.29) is 24.8 Å². The highest BCUT2D eigenvalue weighted by molar-refractivity contribution is 5.85. The fraction of sp³-hybridized carbons (Fsp3) is 0.538. The summed E-state index contributed by atoms with van der Waals surface area (Å²) < 4.78 is 0. The Morgan fingerprint density at radius 1 is 1.18 bits per heavy atom. The van der Waals surface area contributed by atoms with E-state index in [1.165, 1.54) is 25.1 Å². The average molecular weight is 277 g/mol. The Hall–Kier alpha value is -0.280. The van der Waals surface area contributed by atoms with Crippen LogP contribution in [-0.2, 0) is 6.54 Å². The van der Waals surface area contributed by atoms with E-state index in [4.69, 9.17) is 0 Å². The molecule has 2 nitrogen and oxygen atoms in total. The standard InChI is InChI=1S/C13H20N2.2ClH/c1-14(2)13-8-9-15(11-13)10-12-6-4-3-5-7-12;;/h3-7,13H,8-11H2,1-2H3;2*1H. The predicted octanol–water partition coefficient (Wildman–Crippen LogP) is 2.67. The summed E-state index contributed by atoms with van der Waals surface area (Å²) in [4.78, 5) is 4.88. The van der Waals surface area contributed by atoms with Crippen molar-refractivity contribution in [1.29, 1.82) is 0 Å². The summed E-state index contributed by atoms with van der Waals surface area (Å²) in [7, 11) is 4.35. The molecule has 1 fully saturated rings. The molecule has 1 unspecified atom stereocenters. The normalized spacial score (nSPS) is 19.8. The van der Waals surface area contributed by atoms with Gasteiger partial charge in [0, 0.05) is 25.7 Å². The molecule has 1 atom stereocenters. The Morgan fingerprint density at radius 3 is 2.35 bits per heavy atom. The molecule has 1 saturated heterocycles.